The zero-order valence-electron chi connectivity index (χ0n) is 27.6. The number of benzene rings is 4. The molecule has 0 spiro atoms. The number of hydrogen-bond donors (Lipinski definition) is 0. The highest BCUT2D eigenvalue weighted by Gasteiger charge is 2.12. The molecule has 250 valence electrons. The molecular weight excluding hydrogens is 627 g/mol. The molecule has 0 unspecified atom stereocenters. The minimum atomic E-state index is -0.685. The molecule has 0 aromatic heterocycles. The summed E-state index contributed by atoms with van der Waals surface area (Å²) < 4.78 is 34.4. The normalized spacial score (nSPS) is 9.98. The van der Waals surface area contributed by atoms with Crippen molar-refractivity contribution in [2.45, 2.75) is 27.7 Å². The van der Waals surface area contributed by atoms with Crippen LogP contribution in [0, 0.1) is 5.82 Å². The summed E-state index contributed by atoms with van der Waals surface area (Å²) in [6, 6.07) is 25.1. The first-order chi connectivity index (χ1) is 23.1. The van der Waals surface area contributed by atoms with E-state index in [9.17, 15) is 23.6 Å². The van der Waals surface area contributed by atoms with Crippen LogP contribution in [0.25, 0.3) is 22.3 Å². The van der Waals surface area contributed by atoms with Gasteiger partial charge in [0.05, 0.1) is 0 Å². The second-order valence-corrected chi connectivity index (χ2v) is 10.9. The Bertz CT molecular complexity index is 1850. The topological polar surface area (TPSA) is 105 Å². The molecule has 4 aromatic carbocycles. The van der Waals surface area contributed by atoms with Gasteiger partial charge in [-0.25, -0.2) is 23.6 Å². The van der Waals surface area contributed by atoms with Gasteiger partial charge < -0.3 is 18.9 Å². The van der Waals surface area contributed by atoms with E-state index in [-0.39, 0.29) is 11.3 Å². The summed E-state index contributed by atoms with van der Waals surface area (Å²) in [5.41, 5.74) is 4.37. The number of carbonyl (C=O) groups excluding carboxylic acids is 4. The van der Waals surface area contributed by atoms with Crippen molar-refractivity contribution >= 4 is 23.9 Å². The lowest BCUT2D eigenvalue weighted by molar-refractivity contribution is -0.131. The van der Waals surface area contributed by atoms with Crippen LogP contribution in [0.2, 0.25) is 0 Å². The summed E-state index contributed by atoms with van der Waals surface area (Å²) in [4.78, 5) is 45.9. The molecule has 0 fully saturated rings. The van der Waals surface area contributed by atoms with Crippen molar-refractivity contribution < 1.29 is 42.5 Å². The molecule has 0 N–H and O–H groups in total. The molecule has 4 aromatic rings. The highest BCUT2D eigenvalue weighted by molar-refractivity contribution is 5.90. The molecule has 49 heavy (non-hydrogen) atoms. The first-order valence-corrected chi connectivity index (χ1v) is 14.8. The Morgan fingerprint density at radius 2 is 0.694 bits per heavy atom. The van der Waals surface area contributed by atoms with Gasteiger partial charge in [0.2, 0.25) is 0 Å². The largest absolute Gasteiger partial charge is 0.423 e. The Morgan fingerprint density at radius 3 is 0.980 bits per heavy atom. The maximum absolute atomic E-state index is 14.1. The van der Waals surface area contributed by atoms with Gasteiger partial charge in [0.25, 0.3) is 0 Å². The summed E-state index contributed by atoms with van der Waals surface area (Å²) in [5.74, 6) is -1.65. The standard InChI is InChI=1S/C20H17FO4.C20H18O4/c1-12(2)19(22)24-16-8-5-14(6-9-16)15-7-10-18(17(21)11-15)25-20(23)13(3)4;1-13(2)19(21)23-17-9-5-15(6-10-17)16-7-11-18(12-8-16)24-20(22)14(3)4/h5-11H,1,3H2,2,4H3;5-12H,1,3H2,2,4H3. The van der Waals surface area contributed by atoms with Crippen molar-refractivity contribution in [3.63, 3.8) is 0 Å². The van der Waals surface area contributed by atoms with Crippen molar-refractivity contribution in [1.29, 1.82) is 0 Å². The van der Waals surface area contributed by atoms with Crippen LogP contribution in [0.1, 0.15) is 27.7 Å². The lowest BCUT2D eigenvalue weighted by Gasteiger charge is -2.08. The SMILES string of the molecule is C=C(C)C(=O)Oc1ccc(-c2ccc(OC(=O)C(=C)C)c(F)c2)cc1.C=C(C)C(=O)Oc1ccc(-c2ccc(OC(=O)C(=C)C)cc2)cc1. The van der Waals surface area contributed by atoms with Crippen LogP contribution in [0.15, 0.2) is 140 Å². The fourth-order valence-electron chi connectivity index (χ4n) is 3.68. The second kappa shape index (κ2) is 17.0. The molecule has 0 saturated heterocycles. The first-order valence-electron chi connectivity index (χ1n) is 14.8. The van der Waals surface area contributed by atoms with Gasteiger partial charge in [0.1, 0.15) is 17.2 Å². The minimum Gasteiger partial charge on any atom is -0.423 e. The lowest BCUT2D eigenvalue weighted by atomic mass is 10.1. The van der Waals surface area contributed by atoms with Gasteiger partial charge in [0, 0.05) is 22.3 Å². The molecule has 0 aliphatic carbocycles. The Hall–Kier alpha value is -6.35. The van der Waals surface area contributed by atoms with E-state index in [0.717, 1.165) is 11.1 Å². The monoisotopic (exact) mass is 662 g/mol. The van der Waals surface area contributed by atoms with E-state index in [1.807, 2.05) is 24.3 Å². The van der Waals surface area contributed by atoms with Gasteiger partial charge in [-0.15, -0.1) is 0 Å². The van der Waals surface area contributed by atoms with Gasteiger partial charge in [-0.1, -0.05) is 68.8 Å². The second-order valence-electron chi connectivity index (χ2n) is 10.9. The summed E-state index contributed by atoms with van der Waals surface area (Å²) in [7, 11) is 0. The van der Waals surface area contributed by atoms with Gasteiger partial charge in [-0.3, -0.25) is 0 Å². The van der Waals surface area contributed by atoms with Crippen molar-refractivity contribution in [2.24, 2.45) is 0 Å². The summed E-state index contributed by atoms with van der Waals surface area (Å²) in [6.45, 7) is 20.3. The molecule has 0 heterocycles. The maximum atomic E-state index is 14.1. The fourth-order valence-corrected chi connectivity index (χ4v) is 3.68. The van der Waals surface area contributed by atoms with E-state index < -0.39 is 29.7 Å². The third-order valence-corrected chi connectivity index (χ3v) is 6.39. The minimum absolute atomic E-state index is 0.163. The van der Waals surface area contributed by atoms with E-state index in [1.165, 1.54) is 19.1 Å². The van der Waals surface area contributed by atoms with Crippen molar-refractivity contribution in [1.82, 2.24) is 0 Å². The van der Waals surface area contributed by atoms with Gasteiger partial charge >= 0.3 is 23.9 Å². The Labute approximate surface area is 284 Å². The molecule has 0 aliphatic rings. The molecular formula is C40H35FO8. The Balaban J connectivity index is 0.000000266. The van der Waals surface area contributed by atoms with Gasteiger partial charge in [-0.05, 0) is 98.5 Å². The molecule has 0 saturated carbocycles. The molecule has 0 atom stereocenters. The van der Waals surface area contributed by atoms with Crippen LogP contribution in [0.5, 0.6) is 23.0 Å². The Morgan fingerprint density at radius 1 is 0.429 bits per heavy atom. The van der Waals surface area contributed by atoms with Gasteiger partial charge in [0.15, 0.2) is 11.6 Å². The fraction of sp³-hybridized carbons (Fsp3) is 0.100. The van der Waals surface area contributed by atoms with Crippen LogP contribution >= 0.6 is 0 Å². The molecule has 8 nitrogen and oxygen atoms in total. The zero-order valence-corrected chi connectivity index (χ0v) is 27.6. The van der Waals surface area contributed by atoms with Gasteiger partial charge in [-0.2, -0.15) is 0 Å². The summed E-state index contributed by atoms with van der Waals surface area (Å²) in [6.07, 6.45) is 0. The molecule has 0 bridgehead atoms. The third kappa shape index (κ3) is 11.1. The van der Waals surface area contributed by atoms with Crippen molar-refractivity contribution in [3.05, 3.63) is 145 Å². The molecule has 0 radical (unpaired) electrons. The average Bonchev–Trinajstić information content (AvgIpc) is 3.06. The highest BCUT2D eigenvalue weighted by Crippen LogP contribution is 2.28. The van der Waals surface area contributed by atoms with Crippen molar-refractivity contribution in [3.8, 4) is 45.3 Å². The van der Waals surface area contributed by atoms with E-state index in [2.05, 4.69) is 26.3 Å². The molecule has 9 heteroatoms. The summed E-state index contributed by atoms with van der Waals surface area (Å²) >= 11 is 0. The molecule has 0 amide bonds. The van der Waals surface area contributed by atoms with Crippen LogP contribution in [-0.2, 0) is 19.2 Å². The Kier molecular flexibility index (Phi) is 12.9. The number of esters is 4. The number of ether oxygens (including phenoxy) is 4. The molecule has 4 rings (SSSR count). The number of hydrogen-bond acceptors (Lipinski definition) is 8. The lowest BCUT2D eigenvalue weighted by Crippen LogP contribution is -2.09. The van der Waals surface area contributed by atoms with E-state index in [1.54, 1.807) is 75.4 Å². The summed E-state index contributed by atoms with van der Waals surface area (Å²) in [5, 5.41) is 0. The molecule has 0 aliphatic heterocycles. The maximum Gasteiger partial charge on any atom is 0.338 e. The number of carbonyl (C=O) groups is 4. The predicted molar refractivity (Wildman–Crippen MR) is 186 cm³/mol. The van der Waals surface area contributed by atoms with E-state index >= 15 is 0 Å². The zero-order chi connectivity index (χ0) is 36.2. The quantitative estimate of drug-likeness (QED) is 0.0943. The highest BCUT2D eigenvalue weighted by atomic mass is 19.1. The third-order valence-electron chi connectivity index (χ3n) is 6.39. The van der Waals surface area contributed by atoms with E-state index in [4.69, 9.17) is 18.9 Å². The van der Waals surface area contributed by atoms with Crippen LogP contribution < -0.4 is 18.9 Å². The van der Waals surface area contributed by atoms with Crippen LogP contribution in [0.4, 0.5) is 4.39 Å². The van der Waals surface area contributed by atoms with Crippen molar-refractivity contribution in [2.75, 3.05) is 0 Å². The predicted octanol–water partition coefficient (Wildman–Crippen LogP) is 8.77. The smallest absolute Gasteiger partial charge is 0.338 e. The first kappa shape index (κ1) is 37.1. The number of rotatable bonds is 10. The average molecular weight is 663 g/mol. The van der Waals surface area contributed by atoms with Crippen LogP contribution in [0.3, 0.4) is 0 Å². The van der Waals surface area contributed by atoms with Crippen LogP contribution in [-0.4, -0.2) is 23.9 Å². The number of halogens is 1. The van der Waals surface area contributed by atoms with E-state index in [0.29, 0.717) is 45.1 Å².